The number of nitrogens with one attached hydrogen (secondary N) is 2. The Balaban J connectivity index is 0.00000300. The molecule has 1 atom stereocenters. The van der Waals surface area contributed by atoms with Crippen molar-refractivity contribution in [2.24, 2.45) is 4.99 Å². The number of rotatable bonds is 6. The first-order chi connectivity index (χ1) is 13.6. The number of alkyl halides is 2. The molecule has 0 radical (unpaired) electrons. The average molecular weight is 538 g/mol. The minimum absolute atomic E-state index is 0. The summed E-state index contributed by atoms with van der Waals surface area (Å²) in [7, 11) is 1.67. The third-order valence-electron chi connectivity index (χ3n) is 4.43. The number of anilines is 1. The van der Waals surface area contributed by atoms with Gasteiger partial charge in [0.05, 0.1) is 5.02 Å². The number of ether oxygens (including phenoxy) is 1. The van der Waals surface area contributed by atoms with Gasteiger partial charge in [0.2, 0.25) is 0 Å². The molecule has 1 aromatic carbocycles. The topological polar surface area (TPSA) is 61.8 Å². The molecule has 0 bridgehead atoms. The number of aromatic nitrogens is 1. The van der Waals surface area contributed by atoms with E-state index in [1.807, 2.05) is 6.07 Å². The predicted octanol–water partition coefficient (Wildman–Crippen LogP) is 3.90. The van der Waals surface area contributed by atoms with Crippen LogP contribution in [0.25, 0.3) is 0 Å². The molecule has 6 nitrogen and oxygen atoms in total. The van der Waals surface area contributed by atoms with Crippen molar-refractivity contribution in [1.82, 2.24) is 15.6 Å². The number of guanidine groups is 1. The van der Waals surface area contributed by atoms with E-state index in [1.54, 1.807) is 37.5 Å². The average Bonchev–Trinajstić information content (AvgIpc) is 3.14. The van der Waals surface area contributed by atoms with E-state index in [0.717, 1.165) is 25.3 Å². The van der Waals surface area contributed by atoms with Gasteiger partial charge in [0.15, 0.2) is 5.96 Å². The molecule has 10 heteroatoms. The predicted molar refractivity (Wildman–Crippen MR) is 122 cm³/mol. The molecule has 2 N–H and O–H groups in total. The van der Waals surface area contributed by atoms with E-state index < -0.39 is 6.61 Å². The van der Waals surface area contributed by atoms with E-state index in [9.17, 15) is 8.78 Å². The zero-order chi connectivity index (χ0) is 19.9. The Hall–Kier alpha value is -1.88. The third kappa shape index (κ3) is 6.56. The van der Waals surface area contributed by atoms with Crippen molar-refractivity contribution in [1.29, 1.82) is 0 Å². The number of pyridine rings is 1. The van der Waals surface area contributed by atoms with Gasteiger partial charge in [0.1, 0.15) is 11.6 Å². The van der Waals surface area contributed by atoms with E-state index in [1.165, 1.54) is 6.07 Å². The maximum absolute atomic E-state index is 12.5. The van der Waals surface area contributed by atoms with Gasteiger partial charge in [-0.1, -0.05) is 29.8 Å². The van der Waals surface area contributed by atoms with Crippen LogP contribution in [0.4, 0.5) is 14.6 Å². The van der Waals surface area contributed by atoms with Gasteiger partial charge in [-0.05, 0) is 24.6 Å². The molecule has 1 unspecified atom stereocenters. The second-order valence-electron chi connectivity index (χ2n) is 6.30. The zero-order valence-electron chi connectivity index (χ0n) is 15.8. The lowest BCUT2D eigenvalue weighted by molar-refractivity contribution is -0.0504. The first-order valence-electron chi connectivity index (χ1n) is 8.92. The highest BCUT2D eigenvalue weighted by molar-refractivity contribution is 14.0. The van der Waals surface area contributed by atoms with Crippen molar-refractivity contribution in [2.75, 3.05) is 25.0 Å². The SMILES string of the molecule is CN=C(NCc1ccccc1OC(F)F)NC1CCN(c2ncccc2Cl)C1.I. The minimum atomic E-state index is -2.86. The Bertz CT molecular complexity index is 827. The van der Waals surface area contributed by atoms with Crippen LogP contribution in [0, 0.1) is 0 Å². The second kappa shape index (κ2) is 11.3. The van der Waals surface area contributed by atoms with Crippen molar-refractivity contribution >= 4 is 47.4 Å². The first kappa shape index (κ1) is 23.4. The van der Waals surface area contributed by atoms with Crippen LogP contribution in [-0.4, -0.2) is 43.7 Å². The maximum Gasteiger partial charge on any atom is 0.387 e. The summed E-state index contributed by atoms with van der Waals surface area (Å²) in [5.41, 5.74) is 0.624. The van der Waals surface area contributed by atoms with Crippen LogP contribution in [0.1, 0.15) is 12.0 Å². The summed E-state index contributed by atoms with van der Waals surface area (Å²) in [6.07, 6.45) is 2.63. The quantitative estimate of drug-likeness (QED) is 0.333. The zero-order valence-corrected chi connectivity index (χ0v) is 18.9. The van der Waals surface area contributed by atoms with Crippen molar-refractivity contribution in [3.63, 3.8) is 0 Å². The number of benzene rings is 1. The van der Waals surface area contributed by atoms with E-state index in [2.05, 4.69) is 30.2 Å². The molecular weight excluding hydrogens is 515 g/mol. The van der Waals surface area contributed by atoms with E-state index in [4.69, 9.17) is 11.6 Å². The minimum Gasteiger partial charge on any atom is -0.434 e. The monoisotopic (exact) mass is 537 g/mol. The summed E-state index contributed by atoms with van der Waals surface area (Å²) in [6, 6.07) is 10.5. The van der Waals surface area contributed by atoms with Crippen molar-refractivity contribution < 1.29 is 13.5 Å². The van der Waals surface area contributed by atoms with Crippen LogP contribution < -0.4 is 20.3 Å². The smallest absolute Gasteiger partial charge is 0.387 e. The molecule has 0 aliphatic carbocycles. The van der Waals surface area contributed by atoms with Gasteiger partial charge in [0.25, 0.3) is 0 Å². The molecule has 29 heavy (non-hydrogen) atoms. The molecule has 2 heterocycles. The molecule has 3 rings (SSSR count). The highest BCUT2D eigenvalue weighted by Crippen LogP contribution is 2.25. The van der Waals surface area contributed by atoms with Gasteiger partial charge < -0.3 is 20.3 Å². The number of hydrogen-bond acceptors (Lipinski definition) is 4. The van der Waals surface area contributed by atoms with Crippen LogP contribution in [0.15, 0.2) is 47.6 Å². The van der Waals surface area contributed by atoms with Crippen LogP contribution in [-0.2, 0) is 6.54 Å². The molecule has 1 saturated heterocycles. The van der Waals surface area contributed by atoms with Gasteiger partial charge in [-0.25, -0.2) is 4.98 Å². The number of para-hydroxylation sites is 1. The summed E-state index contributed by atoms with van der Waals surface area (Å²) in [5.74, 6) is 1.51. The standard InChI is InChI=1S/C19H22ClF2N5O.HI/c1-23-19(25-11-13-5-2-3-7-16(13)28-18(21)22)26-14-8-10-27(12-14)17-15(20)6-4-9-24-17;/h2-7,9,14,18H,8,10-12H2,1H3,(H2,23,25,26);1H. The molecule has 1 aromatic heterocycles. The summed E-state index contributed by atoms with van der Waals surface area (Å²) < 4.78 is 29.6. The fraction of sp³-hybridized carbons (Fsp3) is 0.368. The third-order valence-corrected chi connectivity index (χ3v) is 4.72. The fourth-order valence-corrected chi connectivity index (χ4v) is 3.35. The summed E-state index contributed by atoms with van der Waals surface area (Å²) in [5, 5.41) is 7.12. The lowest BCUT2D eigenvalue weighted by Crippen LogP contribution is -2.44. The second-order valence-corrected chi connectivity index (χ2v) is 6.70. The number of halogens is 4. The van der Waals surface area contributed by atoms with Crippen molar-refractivity contribution in [2.45, 2.75) is 25.6 Å². The highest BCUT2D eigenvalue weighted by Gasteiger charge is 2.25. The highest BCUT2D eigenvalue weighted by atomic mass is 127. The van der Waals surface area contributed by atoms with E-state index in [0.29, 0.717) is 23.1 Å². The molecular formula is C19H23ClF2IN5O. The van der Waals surface area contributed by atoms with Gasteiger partial charge >= 0.3 is 6.61 Å². The Labute approximate surface area is 190 Å². The van der Waals surface area contributed by atoms with Gasteiger partial charge in [-0.2, -0.15) is 8.78 Å². The Morgan fingerprint density at radius 3 is 2.86 bits per heavy atom. The Morgan fingerprint density at radius 2 is 2.14 bits per heavy atom. The van der Waals surface area contributed by atoms with Crippen LogP contribution in [0.2, 0.25) is 5.02 Å². The van der Waals surface area contributed by atoms with E-state index >= 15 is 0 Å². The maximum atomic E-state index is 12.5. The molecule has 0 spiro atoms. The van der Waals surface area contributed by atoms with E-state index in [-0.39, 0.29) is 35.8 Å². The van der Waals surface area contributed by atoms with Gasteiger partial charge in [0, 0.05) is 44.5 Å². The Morgan fingerprint density at radius 1 is 1.34 bits per heavy atom. The fourth-order valence-electron chi connectivity index (χ4n) is 3.11. The number of nitrogens with zero attached hydrogens (tertiary/aromatic N) is 3. The summed E-state index contributed by atoms with van der Waals surface area (Å²) >= 11 is 6.23. The number of hydrogen-bond donors (Lipinski definition) is 2. The molecule has 2 aromatic rings. The van der Waals surface area contributed by atoms with Crippen LogP contribution in [0.5, 0.6) is 5.75 Å². The van der Waals surface area contributed by atoms with Crippen LogP contribution >= 0.6 is 35.6 Å². The van der Waals surface area contributed by atoms with Crippen molar-refractivity contribution in [3.05, 3.63) is 53.2 Å². The largest absolute Gasteiger partial charge is 0.434 e. The summed E-state index contributed by atoms with van der Waals surface area (Å²) in [4.78, 5) is 10.7. The molecule has 1 fully saturated rings. The van der Waals surface area contributed by atoms with Crippen molar-refractivity contribution in [3.8, 4) is 5.75 Å². The summed E-state index contributed by atoms with van der Waals surface area (Å²) in [6.45, 7) is -0.981. The van der Waals surface area contributed by atoms with Crippen LogP contribution in [0.3, 0.4) is 0 Å². The Kier molecular flexibility index (Phi) is 9.15. The molecule has 0 saturated carbocycles. The van der Waals surface area contributed by atoms with Gasteiger partial charge in [-0.15, -0.1) is 24.0 Å². The molecule has 1 aliphatic rings. The lowest BCUT2D eigenvalue weighted by atomic mass is 10.2. The molecule has 1 aliphatic heterocycles. The first-order valence-corrected chi connectivity index (χ1v) is 9.30. The van der Waals surface area contributed by atoms with Gasteiger partial charge in [-0.3, -0.25) is 4.99 Å². The normalized spacial score (nSPS) is 16.5. The molecule has 158 valence electrons. The lowest BCUT2D eigenvalue weighted by Gasteiger charge is -2.20. The molecule has 0 amide bonds. The number of aliphatic imine (C=N–C) groups is 1.